The summed E-state index contributed by atoms with van der Waals surface area (Å²) in [5, 5.41) is 6.69. The second-order valence-corrected chi connectivity index (χ2v) is 5.97. The Hall–Kier alpha value is -1.52. The molecule has 2 aromatic carbocycles. The maximum Gasteiger partial charge on any atom is 0.251 e. The summed E-state index contributed by atoms with van der Waals surface area (Å²) in [6, 6.07) is 11.4. The zero-order chi connectivity index (χ0) is 15.4. The minimum absolute atomic E-state index is 0.0864. The summed E-state index contributed by atoms with van der Waals surface area (Å²) in [7, 11) is 1.63. The number of hydrogen-bond donors (Lipinski definition) is 2. The van der Waals surface area contributed by atoms with Crippen LogP contribution in [0.25, 0.3) is 0 Å². The predicted octanol–water partition coefficient (Wildman–Crippen LogP) is 4.38. The maximum absolute atomic E-state index is 11.8. The molecule has 0 unspecified atom stereocenters. The van der Waals surface area contributed by atoms with Gasteiger partial charge < -0.3 is 10.6 Å². The van der Waals surface area contributed by atoms with E-state index in [9.17, 15) is 4.79 Å². The number of hydrogen-bond acceptors (Lipinski definition) is 2. The molecule has 5 heteroatoms. The Balaban J connectivity index is 2.21. The highest BCUT2D eigenvalue weighted by Crippen LogP contribution is 2.24. The SMILES string of the molecule is CNC(=O)c1cccc(NCc2cc(Br)ccc2Cl)c1C. The number of halogens is 2. The molecule has 1 amide bonds. The van der Waals surface area contributed by atoms with Gasteiger partial charge in [-0.25, -0.2) is 0 Å². The maximum atomic E-state index is 11.8. The molecule has 0 heterocycles. The van der Waals surface area contributed by atoms with Crippen molar-refractivity contribution in [1.82, 2.24) is 5.32 Å². The van der Waals surface area contributed by atoms with Crippen LogP contribution in [0.5, 0.6) is 0 Å². The molecule has 0 radical (unpaired) electrons. The second kappa shape index (κ2) is 6.96. The monoisotopic (exact) mass is 366 g/mol. The van der Waals surface area contributed by atoms with Gasteiger partial charge in [0.15, 0.2) is 0 Å². The van der Waals surface area contributed by atoms with E-state index < -0.39 is 0 Å². The van der Waals surface area contributed by atoms with Crippen molar-refractivity contribution in [3.63, 3.8) is 0 Å². The van der Waals surface area contributed by atoms with E-state index in [0.29, 0.717) is 17.1 Å². The average molecular weight is 368 g/mol. The lowest BCUT2D eigenvalue weighted by molar-refractivity contribution is 0.0962. The molecule has 0 saturated heterocycles. The standard InChI is InChI=1S/C16H16BrClN2O/c1-10-13(16(21)19-2)4-3-5-15(10)20-9-11-8-12(17)6-7-14(11)18/h3-8,20H,9H2,1-2H3,(H,19,21). The summed E-state index contributed by atoms with van der Waals surface area (Å²) >= 11 is 9.62. The van der Waals surface area contributed by atoms with Gasteiger partial charge in [-0.05, 0) is 48.4 Å². The van der Waals surface area contributed by atoms with Gasteiger partial charge in [-0.1, -0.05) is 33.6 Å². The first-order chi connectivity index (χ1) is 10.0. The molecule has 2 rings (SSSR count). The van der Waals surface area contributed by atoms with Crippen molar-refractivity contribution in [2.45, 2.75) is 13.5 Å². The lowest BCUT2D eigenvalue weighted by Crippen LogP contribution is -2.19. The first-order valence-electron chi connectivity index (χ1n) is 6.52. The van der Waals surface area contributed by atoms with Gasteiger partial charge in [0.1, 0.15) is 0 Å². The van der Waals surface area contributed by atoms with E-state index in [2.05, 4.69) is 26.6 Å². The van der Waals surface area contributed by atoms with E-state index in [1.165, 1.54) is 0 Å². The topological polar surface area (TPSA) is 41.1 Å². The smallest absolute Gasteiger partial charge is 0.251 e. The molecule has 0 bridgehead atoms. The first-order valence-corrected chi connectivity index (χ1v) is 7.69. The Morgan fingerprint density at radius 2 is 2.05 bits per heavy atom. The van der Waals surface area contributed by atoms with Crippen LogP contribution >= 0.6 is 27.5 Å². The van der Waals surface area contributed by atoms with Gasteiger partial charge in [-0.15, -0.1) is 0 Å². The third-order valence-corrected chi connectivity index (χ3v) is 4.14. The van der Waals surface area contributed by atoms with Crippen LogP contribution in [0, 0.1) is 6.92 Å². The van der Waals surface area contributed by atoms with Crippen LogP contribution in [-0.2, 0) is 6.54 Å². The van der Waals surface area contributed by atoms with E-state index in [0.717, 1.165) is 21.3 Å². The van der Waals surface area contributed by atoms with Crippen LogP contribution in [0.3, 0.4) is 0 Å². The van der Waals surface area contributed by atoms with Gasteiger partial charge in [0, 0.05) is 34.3 Å². The summed E-state index contributed by atoms with van der Waals surface area (Å²) in [4.78, 5) is 11.8. The fraction of sp³-hybridized carbons (Fsp3) is 0.188. The number of amides is 1. The Labute approximate surface area is 137 Å². The number of carbonyl (C=O) groups is 1. The number of rotatable bonds is 4. The van der Waals surface area contributed by atoms with Crippen LogP contribution in [-0.4, -0.2) is 13.0 Å². The number of carbonyl (C=O) groups excluding carboxylic acids is 1. The molecule has 3 nitrogen and oxygen atoms in total. The molecule has 21 heavy (non-hydrogen) atoms. The third-order valence-electron chi connectivity index (χ3n) is 3.28. The Morgan fingerprint density at radius 1 is 1.29 bits per heavy atom. The van der Waals surface area contributed by atoms with Gasteiger partial charge >= 0.3 is 0 Å². The first kappa shape index (κ1) is 15.9. The molecule has 2 aromatic rings. The molecule has 0 atom stereocenters. The van der Waals surface area contributed by atoms with E-state index >= 15 is 0 Å². The van der Waals surface area contributed by atoms with E-state index in [-0.39, 0.29) is 5.91 Å². The zero-order valence-corrected chi connectivity index (χ0v) is 14.2. The molecule has 0 aliphatic rings. The lowest BCUT2D eigenvalue weighted by atomic mass is 10.1. The Kier molecular flexibility index (Phi) is 5.26. The van der Waals surface area contributed by atoms with Gasteiger partial charge in [0.2, 0.25) is 0 Å². The number of anilines is 1. The third kappa shape index (κ3) is 3.77. The molecule has 0 spiro atoms. The van der Waals surface area contributed by atoms with Gasteiger partial charge in [-0.3, -0.25) is 4.79 Å². The highest BCUT2D eigenvalue weighted by atomic mass is 79.9. The lowest BCUT2D eigenvalue weighted by Gasteiger charge is -2.13. The molecule has 0 fully saturated rings. The molecular weight excluding hydrogens is 352 g/mol. The van der Waals surface area contributed by atoms with E-state index in [1.54, 1.807) is 7.05 Å². The fourth-order valence-electron chi connectivity index (χ4n) is 2.08. The molecule has 0 aliphatic heterocycles. The van der Waals surface area contributed by atoms with Crippen molar-refractivity contribution >= 4 is 39.1 Å². The summed E-state index contributed by atoms with van der Waals surface area (Å²) < 4.78 is 0.986. The minimum atomic E-state index is -0.0864. The summed E-state index contributed by atoms with van der Waals surface area (Å²) in [5.41, 5.74) is 3.51. The highest BCUT2D eigenvalue weighted by Gasteiger charge is 2.10. The second-order valence-electron chi connectivity index (χ2n) is 4.65. The molecule has 0 aliphatic carbocycles. The molecule has 2 N–H and O–H groups in total. The van der Waals surface area contributed by atoms with E-state index in [4.69, 9.17) is 11.6 Å². The van der Waals surface area contributed by atoms with Crippen LogP contribution in [0.4, 0.5) is 5.69 Å². The van der Waals surface area contributed by atoms with Crippen molar-refractivity contribution in [2.75, 3.05) is 12.4 Å². The quantitative estimate of drug-likeness (QED) is 0.842. The van der Waals surface area contributed by atoms with Crippen molar-refractivity contribution in [3.8, 4) is 0 Å². The zero-order valence-electron chi connectivity index (χ0n) is 11.8. The average Bonchev–Trinajstić information content (AvgIpc) is 2.48. The minimum Gasteiger partial charge on any atom is -0.381 e. The Morgan fingerprint density at radius 3 is 2.76 bits per heavy atom. The van der Waals surface area contributed by atoms with Crippen LogP contribution in [0.15, 0.2) is 40.9 Å². The summed E-state index contributed by atoms with van der Waals surface area (Å²) in [6.07, 6.45) is 0. The molecule has 110 valence electrons. The van der Waals surface area contributed by atoms with Gasteiger partial charge in [0.05, 0.1) is 0 Å². The van der Waals surface area contributed by atoms with E-state index in [1.807, 2.05) is 43.3 Å². The Bertz CT molecular complexity index is 673. The predicted molar refractivity (Wildman–Crippen MR) is 91.0 cm³/mol. The van der Waals surface area contributed by atoms with Crippen molar-refractivity contribution in [2.24, 2.45) is 0 Å². The molecule has 0 aromatic heterocycles. The van der Waals surface area contributed by atoms with Crippen LogP contribution in [0.2, 0.25) is 5.02 Å². The summed E-state index contributed by atoms with van der Waals surface area (Å²) in [5.74, 6) is -0.0864. The van der Waals surface area contributed by atoms with Gasteiger partial charge in [-0.2, -0.15) is 0 Å². The number of benzene rings is 2. The molecular formula is C16H16BrClN2O. The van der Waals surface area contributed by atoms with Crippen molar-refractivity contribution < 1.29 is 4.79 Å². The summed E-state index contributed by atoms with van der Waals surface area (Å²) in [6.45, 7) is 2.52. The highest BCUT2D eigenvalue weighted by molar-refractivity contribution is 9.10. The normalized spacial score (nSPS) is 10.3. The van der Waals surface area contributed by atoms with Crippen molar-refractivity contribution in [3.05, 3.63) is 62.6 Å². The van der Waals surface area contributed by atoms with Crippen LogP contribution in [0.1, 0.15) is 21.5 Å². The van der Waals surface area contributed by atoms with Crippen molar-refractivity contribution in [1.29, 1.82) is 0 Å². The van der Waals surface area contributed by atoms with Gasteiger partial charge in [0.25, 0.3) is 5.91 Å². The largest absolute Gasteiger partial charge is 0.381 e. The fourth-order valence-corrected chi connectivity index (χ4v) is 2.67. The molecule has 0 saturated carbocycles. The van der Waals surface area contributed by atoms with Crippen LogP contribution < -0.4 is 10.6 Å². The number of nitrogens with one attached hydrogen (secondary N) is 2.